The van der Waals surface area contributed by atoms with Gasteiger partial charge in [-0.1, -0.05) is 41.5 Å². The Morgan fingerprint density at radius 1 is 1.07 bits per heavy atom. The maximum atomic E-state index is 3.42. The number of hydrogen-bond donors (Lipinski definition) is 1. The molecule has 0 spiro atoms. The average molecular weight is 214 g/mol. The van der Waals surface area contributed by atoms with Crippen molar-refractivity contribution in [2.45, 2.75) is 47.6 Å². The van der Waals surface area contributed by atoms with E-state index in [0.717, 1.165) is 13.1 Å². The third-order valence-electron chi connectivity index (χ3n) is 2.63. The third kappa shape index (κ3) is 6.91. The highest BCUT2D eigenvalue weighted by Gasteiger charge is 2.25. The molecule has 1 unspecified atom stereocenters. The summed E-state index contributed by atoms with van der Waals surface area (Å²) in [5, 5.41) is 3.42. The van der Waals surface area contributed by atoms with E-state index in [0.29, 0.717) is 16.9 Å². The molecule has 0 heterocycles. The maximum Gasteiger partial charge on any atom is 0.0240 e. The van der Waals surface area contributed by atoms with Crippen LogP contribution in [0.1, 0.15) is 41.5 Å². The molecule has 0 aromatic heterocycles. The van der Waals surface area contributed by atoms with E-state index in [-0.39, 0.29) is 0 Å². The number of hydrogen-bond acceptors (Lipinski definition) is 2. The van der Waals surface area contributed by atoms with Gasteiger partial charge in [0.1, 0.15) is 0 Å². The topological polar surface area (TPSA) is 15.3 Å². The Balaban J connectivity index is 4.20. The third-order valence-corrected chi connectivity index (χ3v) is 2.63. The van der Waals surface area contributed by atoms with Crippen LogP contribution in [0.5, 0.6) is 0 Å². The van der Waals surface area contributed by atoms with Gasteiger partial charge in [-0.3, -0.25) is 0 Å². The standard InChI is InChI=1S/C13H30N2/c1-12(2,3)10-15(8)9-11(14-7)13(4,5)6/h11,14H,9-10H2,1-8H3. The second-order valence-electron chi connectivity index (χ2n) is 6.96. The fraction of sp³-hybridized carbons (Fsp3) is 1.00. The summed E-state index contributed by atoms with van der Waals surface area (Å²) in [6.45, 7) is 16.0. The van der Waals surface area contributed by atoms with Crippen LogP contribution in [0.25, 0.3) is 0 Å². The van der Waals surface area contributed by atoms with Gasteiger partial charge in [-0.25, -0.2) is 0 Å². The smallest absolute Gasteiger partial charge is 0.0240 e. The molecule has 0 fully saturated rings. The van der Waals surface area contributed by atoms with Gasteiger partial charge in [-0.15, -0.1) is 0 Å². The van der Waals surface area contributed by atoms with Crippen LogP contribution in [0.15, 0.2) is 0 Å². The summed E-state index contributed by atoms with van der Waals surface area (Å²) in [5.74, 6) is 0. The van der Waals surface area contributed by atoms with Crippen LogP contribution >= 0.6 is 0 Å². The highest BCUT2D eigenvalue weighted by molar-refractivity contribution is 4.82. The van der Waals surface area contributed by atoms with Gasteiger partial charge in [0.2, 0.25) is 0 Å². The zero-order chi connectivity index (χ0) is 12.3. The van der Waals surface area contributed by atoms with E-state index in [2.05, 4.69) is 65.9 Å². The summed E-state index contributed by atoms with van der Waals surface area (Å²) in [7, 11) is 4.27. The number of rotatable bonds is 4. The molecule has 0 aliphatic heterocycles. The van der Waals surface area contributed by atoms with Crippen LogP contribution in [0.4, 0.5) is 0 Å². The Labute approximate surface area is 96.4 Å². The van der Waals surface area contributed by atoms with Gasteiger partial charge in [0, 0.05) is 19.1 Å². The Kier molecular flexibility index (Phi) is 5.28. The first-order chi connectivity index (χ1) is 6.56. The minimum absolute atomic E-state index is 0.320. The largest absolute Gasteiger partial charge is 0.315 e. The van der Waals surface area contributed by atoms with Crippen LogP contribution < -0.4 is 5.32 Å². The van der Waals surface area contributed by atoms with Crippen LogP contribution in [-0.4, -0.2) is 38.1 Å². The first-order valence-corrected chi connectivity index (χ1v) is 5.92. The molecule has 0 saturated carbocycles. The van der Waals surface area contributed by atoms with Crippen molar-refractivity contribution in [2.75, 3.05) is 27.2 Å². The van der Waals surface area contributed by atoms with Gasteiger partial charge < -0.3 is 10.2 Å². The number of likely N-dealkylation sites (N-methyl/N-ethyl adjacent to an activating group) is 2. The molecule has 1 atom stereocenters. The molecule has 0 aromatic rings. The van der Waals surface area contributed by atoms with Crippen molar-refractivity contribution in [3.05, 3.63) is 0 Å². The molecule has 0 rings (SSSR count). The van der Waals surface area contributed by atoms with Crippen molar-refractivity contribution in [1.29, 1.82) is 0 Å². The van der Waals surface area contributed by atoms with Crippen LogP contribution in [-0.2, 0) is 0 Å². The summed E-state index contributed by atoms with van der Waals surface area (Å²) in [5.41, 5.74) is 0.700. The van der Waals surface area contributed by atoms with Crippen molar-refractivity contribution in [2.24, 2.45) is 10.8 Å². The molecule has 15 heavy (non-hydrogen) atoms. The summed E-state index contributed by atoms with van der Waals surface area (Å²) in [6, 6.07) is 0.546. The van der Waals surface area contributed by atoms with E-state index < -0.39 is 0 Å². The van der Waals surface area contributed by atoms with Crippen molar-refractivity contribution < 1.29 is 0 Å². The van der Waals surface area contributed by atoms with Crippen molar-refractivity contribution in [3.63, 3.8) is 0 Å². The second kappa shape index (κ2) is 5.31. The highest BCUT2D eigenvalue weighted by atomic mass is 15.1. The Morgan fingerprint density at radius 2 is 1.53 bits per heavy atom. The van der Waals surface area contributed by atoms with E-state index in [1.807, 2.05) is 0 Å². The van der Waals surface area contributed by atoms with Gasteiger partial charge in [-0.05, 0) is 24.9 Å². The summed E-state index contributed by atoms with van der Waals surface area (Å²) in [4.78, 5) is 2.42. The first-order valence-electron chi connectivity index (χ1n) is 5.92. The minimum atomic E-state index is 0.320. The lowest BCUT2D eigenvalue weighted by atomic mass is 9.86. The molecule has 0 radical (unpaired) electrons. The van der Waals surface area contributed by atoms with E-state index in [1.165, 1.54) is 0 Å². The Hall–Kier alpha value is -0.0800. The molecular formula is C13H30N2. The predicted octanol–water partition coefficient (Wildman–Crippen LogP) is 2.60. The zero-order valence-corrected chi connectivity index (χ0v) is 11.9. The lowest BCUT2D eigenvalue weighted by molar-refractivity contribution is 0.164. The van der Waals surface area contributed by atoms with Gasteiger partial charge >= 0.3 is 0 Å². The van der Waals surface area contributed by atoms with Crippen LogP contribution in [0.2, 0.25) is 0 Å². The fourth-order valence-corrected chi connectivity index (χ4v) is 1.98. The van der Waals surface area contributed by atoms with Crippen molar-refractivity contribution >= 4 is 0 Å². The summed E-state index contributed by atoms with van der Waals surface area (Å²) >= 11 is 0. The Morgan fingerprint density at radius 3 is 1.80 bits per heavy atom. The zero-order valence-electron chi connectivity index (χ0n) is 11.9. The molecule has 0 aliphatic rings. The van der Waals surface area contributed by atoms with E-state index >= 15 is 0 Å². The summed E-state index contributed by atoms with van der Waals surface area (Å²) < 4.78 is 0. The first kappa shape index (κ1) is 14.9. The van der Waals surface area contributed by atoms with E-state index in [4.69, 9.17) is 0 Å². The Bertz CT molecular complexity index is 174. The molecular weight excluding hydrogens is 184 g/mol. The molecule has 0 amide bonds. The second-order valence-corrected chi connectivity index (χ2v) is 6.96. The maximum absolute atomic E-state index is 3.42. The van der Waals surface area contributed by atoms with E-state index in [1.54, 1.807) is 0 Å². The monoisotopic (exact) mass is 214 g/mol. The van der Waals surface area contributed by atoms with Gasteiger partial charge in [0.05, 0.1) is 0 Å². The number of nitrogens with zero attached hydrogens (tertiary/aromatic N) is 1. The predicted molar refractivity (Wildman–Crippen MR) is 69.3 cm³/mol. The lowest BCUT2D eigenvalue weighted by Crippen LogP contribution is -2.47. The van der Waals surface area contributed by atoms with Crippen LogP contribution in [0.3, 0.4) is 0 Å². The normalized spacial score (nSPS) is 15.8. The highest BCUT2D eigenvalue weighted by Crippen LogP contribution is 2.21. The molecule has 0 aliphatic carbocycles. The SMILES string of the molecule is CNC(CN(C)CC(C)(C)C)C(C)(C)C. The molecule has 2 nitrogen and oxygen atoms in total. The molecule has 0 aromatic carbocycles. The molecule has 1 N–H and O–H groups in total. The fourth-order valence-electron chi connectivity index (χ4n) is 1.98. The van der Waals surface area contributed by atoms with Crippen LogP contribution in [0, 0.1) is 10.8 Å². The van der Waals surface area contributed by atoms with Gasteiger partial charge in [0.25, 0.3) is 0 Å². The lowest BCUT2D eigenvalue weighted by Gasteiger charge is -2.36. The average Bonchev–Trinajstić information content (AvgIpc) is 1.94. The van der Waals surface area contributed by atoms with Gasteiger partial charge in [0.15, 0.2) is 0 Å². The summed E-state index contributed by atoms with van der Waals surface area (Å²) in [6.07, 6.45) is 0. The van der Waals surface area contributed by atoms with Crippen molar-refractivity contribution in [3.8, 4) is 0 Å². The minimum Gasteiger partial charge on any atom is -0.315 e. The van der Waals surface area contributed by atoms with E-state index in [9.17, 15) is 0 Å². The molecule has 92 valence electrons. The molecule has 0 bridgehead atoms. The van der Waals surface area contributed by atoms with Gasteiger partial charge in [-0.2, -0.15) is 0 Å². The molecule has 2 heteroatoms. The number of nitrogens with one attached hydrogen (secondary N) is 1. The molecule has 0 saturated heterocycles. The quantitative estimate of drug-likeness (QED) is 0.774. The van der Waals surface area contributed by atoms with Crippen molar-refractivity contribution in [1.82, 2.24) is 10.2 Å².